The van der Waals surface area contributed by atoms with Gasteiger partial charge >= 0.3 is 0 Å². The van der Waals surface area contributed by atoms with Crippen molar-refractivity contribution in [3.8, 4) is 5.75 Å². The number of aliphatic hydroxyl groups is 1. The fraction of sp³-hybridized carbons (Fsp3) is 0.273. The van der Waals surface area contributed by atoms with Crippen LogP contribution in [0.1, 0.15) is 5.56 Å². The maximum atomic E-state index is 8.77. The predicted molar refractivity (Wildman–Crippen MR) is 59.8 cm³/mol. The second kappa shape index (κ2) is 5.73. The first-order chi connectivity index (χ1) is 6.77. The summed E-state index contributed by atoms with van der Waals surface area (Å²) in [6.07, 6.45) is 1.71. The summed E-state index contributed by atoms with van der Waals surface area (Å²) in [5.74, 6) is 0.943. The van der Waals surface area contributed by atoms with Crippen molar-refractivity contribution >= 4 is 11.8 Å². The minimum absolute atomic E-state index is 0.105. The van der Waals surface area contributed by atoms with Crippen LogP contribution in [0, 0.1) is 6.92 Å². The van der Waals surface area contributed by atoms with Crippen molar-refractivity contribution < 1.29 is 9.84 Å². The zero-order valence-electron chi connectivity index (χ0n) is 8.19. The van der Waals surface area contributed by atoms with Crippen molar-refractivity contribution in [2.45, 2.75) is 11.8 Å². The molecule has 76 valence electrons. The van der Waals surface area contributed by atoms with Crippen LogP contribution in [0.15, 0.2) is 35.7 Å². The van der Waals surface area contributed by atoms with Gasteiger partial charge in [0.25, 0.3) is 0 Å². The average molecular weight is 210 g/mol. The lowest BCUT2D eigenvalue weighted by Crippen LogP contribution is -1.93. The first-order valence-corrected chi connectivity index (χ1v) is 5.34. The molecule has 0 aromatic heterocycles. The molecule has 1 aromatic carbocycles. The van der Waals surface area contributed by atoms with E-state index in [1.165, 1.54) is 11.8 Å². The Morgan fingerprint density at radius 1 is 1.57 bits per heavy atom. The Labute approximate surface area is 88.6 Å². The number of hydrogen-bond donors (Lipinski definition) is 1. The van der Waals surface area contributed by atoms with E-state index in [0.717, 1.165) is 16.2 Å². The maximum Gasteiger partial charge on any atom is 0.120 e. The van der Waals surface area contributed by atoms with Crippen molar-refractivity contribution in [3.63, 3.8) is 0 Å². The number of aliphatic hydroxyl groups excluding tert-OH is 1. The summed E-state index contributed by atoms with van der Waals surface area (Å²) in [6, 6.07) is 5.81. The lowest BCUT2D eigenvalue weighted by molar-refractivity contribution is 0.362. The Hall–Kier alpha value is -0.930. The van der Waals surface area contributed by atoms with E-state index < -0.39 is 0 Å². The highest BCUT2D eigenvalue weighted by molar-refractivity contribution is 7.99. The van der Waals surface area contributed by atoms with Gasteiger partial charge in [-0.3, -0.25) is 0 Å². The Morgan fingerprint density at radius 2 is 2.36 bits per heavy atom. The van der Waals surface area contributed by atoms with Gasteiger partial charge in [-0.25, -0.2) is 0 Å². The number of benzene rings is 1. The van der Waals surface area contributed by atoms with Gasteiger partial charge in [-0.2, -0.15) is 0 Å². The van der Waals surface area contributed by atoms with Crippen LogP contribution in [0.2, 0.25) is 0 Å². The molecule has 3 heteroatoms. The normalized spacial score (nSPS) is 9.86. The number of hydrogen-bond acceptors (Lipinski definition) is 3. The molecule has 0 aliphatic rings. The van der Waals surface area contributed by atoms with E-state index in [1.807, 2.05) is 25.1 Å². The van der Waals surface area contributed by atoms with Crippen LogP contribution < -0.4 is 4.74 Å². The molecule has 0 heterocycles. The molecule has 0 atom stereocenters. The Balaban J connectivity index is 2.72. The molecular formula is C11H14O2S. The lowest BCUT2D eigenvalue weighted by atomic mass is 10.2. The summed E-state index contributed by atoms with van der Waals surface area (Å²) in [5.41, 5.74) is 1.12. The van der Waals surface area contributed by atoms with Crippen molar-refractivity contribution in [1.82, 2.24) is 0 Å². The van der Waals surface area contributed by atoms with Crippen molar-refractivity contribution in [1.29, 1.82) is 0 Å². The Morgan fingerprint density at radius 3 is 2.93 bits per heavy atom. The molecule has 1 aromatic rings. The van der Waals surface area contributed by atoms with Crippen molar-refractivity contribution in [2.24, 2.45) is 0 Å². The zero-order valence-corrected chi connectivity index (χ0v) is 9.01. The molecule has 14 heavy (non-hydrogen) atoms. The Kier molecular flexibility index (Phi) is 4.56. The molecule has 0 fully saturated rings. The molecule has 0 bridgehead atoms. The van der Waals surface area contributed by atoms with E-state index in [1.54, 1.807) is 6.08 Å². The SMILES string of the molecule is C=CCOc1ccc(SCO)c(C)c1. The third kappa shape index (κ3) is 3.09. The summed E-state index contributed by atoms with van der Waals surface area (Å²) < 4.78 is 5.38. The highest BCUT2D eigenvalue weighted by Gasteiger charge is 2.00. The molecule has 0 aliphatic carbocycles. The van der Waals surface area contributed by atoms with Gasteiger partial charge in [-0.05, 0) is 30.7 Å². The molecule has 0 aliphatic heterocycles. The van der Waals surface area contributed by atoms with E-state index >= 15 is 0 Å². The van der Waals surface area contributed by atoms with Gasteiger partial charge in [-0.15, -0.1) is 0 Å². The highest BCUT2D eigenvalue weighted by atomic mass is 32.2. The van der Waals surface area contributed by atoms with E-state index in [9.17, 15) is 0 Å². The average Bonchev–Trinajstić information content (AvgIpc) is 2.19. The molecule has 0 radical (unpaired) electrons. The number of aryl methyl sites for hydroxylation is 1. The maximum absolute atomic E-state index is 8.77. The number of rotatable bonds is 5. The van der Waals surface area contributed by atoms with Crippen LogP contribution >= 0.6 is 11.8 Å². The van der Waals surface area contributed by atoms with Gasteiger partial charge in [0.1, 0.15) is 12.4 Å². The van der Waals surface area contributed by atoms with E-state index in [-0.39, 0.29) is 5.94 Å². The number of ether oxygens (including phenoxy) is 1. The van der Waals surface area contributed by atoms with Gasteiger partial charge in [-0.1, -0.05) is 24.4 Å². The van der Waals surface area contributed by atoms with Crippen LogP contribution in [-0.4, -0.2) is 17.7 Å². The topological polar surface area (TPSA) is 29.5 Å². The quantitative estimate of drug-likeness (QED) is 0.460. The first kappa shape index (κ1) is 11.1. The molecule has 0 spiro atoms. The van der Waals surface area contributed by atoms with Gasteiger partial charge < -0.3 is 9.84 Å². The minimum Gasteiger partial charge on any atom is -0.490 e. The fourth-order valence-electron chi connectivity index (χ4n) is 1.10. The lowest BCUT2D eigenvalue weighted by Gasteiger charge is -2.07. The van der Waals surface area contributed by atoms with Gasteiger partial charge in [0.2, 0.25) is 0 Å². The Bertz CT molecular complexity index is 310. The largest absolute Gasteiger partial charge is 0.490 e. The smallest absolute Gasteiger partial charge is 0.120 e. The predicted octanol–water partition coefficient (Wildman–Crippen LogP) is 2.60. The standard InChI is InChI=1S/C11H14O2S/c1-3-6-13-10-4-5-11(14-8-12)9(2)7-10/h3-5,7,12H,1,6,8H2,2H3. The molecule has 0 amide bonds. The van der Waals surface area contributed by atoms with Crippen LogP contribution in [0.4, 0.5) is 0 Å². The van der Waals surface area contributed by atoms with Gasteiger partial charge in [0.05, 0.1) is 5.94 Å². The molecule has 0 saturated heterocycles. The van der Waals surface area contributed by atoms with E-state index in [4.69, 9.17) is 9.84 Å². The monoisotopic (exact) mass is 210 g/mol. The zero-order chi connectivity index (χ0) is 10.4. The van der Waals surface area contributed by atoms with Crippen LogP contribution in [0.25, 0.3) is 0 Å². The van der Waals surface area contributed by atoms with Crippen LogP contribution in [0.5, 0.6) is 5.75 Å². The molecule has 0 saturated carbocycles. The van der Waals surface area contributed by atoms with Crippen LogP contribution in [0.3, 0.4) is 0 Å². The fourth-order valence-corrected chi connectivity index (χ4v) is 1.69. The second-order valence-corrected chi connectivity index (χ2v) is 3.79. The second-order valence-electron chi connectivity index (χ2n) is 2.80. The van der Waals surface area contributed by atoms with E-state index in [2.05, 4.69) is 6.58 Å². The highest BCUT2D eigenvalue weighted by Crippen LogP contribution is 2.25. The summed E-state index contributed by atoms with van der Waals surface area (Å²) >= 11 is 1.41. The first-order valence-electron chi connectivity index (χ1n) is 4.36. The molecule has 1 N–H and O–H groups in total. The molecule has 0 unspecified atom stereocenters. The number of thioether (sulfide) groups is 1. The van der Waals surface area contributed by atoms with Crippen molar-refractivity contribution in [2.75, 3.05) is 12.5 Å². The van der Waals surface area contributed by atoms with Gasteiger partial charge in [0, 0.05) is 4.90 Å². The van der Waals surface area contributed by atoms with Crippen molar-refractivity contribution in [3.05, 3.63) is 36.4 Å². The minimum atomic E-state index is 0.105. The van der Waals surface area contributed by atoms with Crippen LogP contribution in [-0.2, 0) is 0 Å². The molecule has 1 rings (SSSR count). The third-order valence-electron chi connectivity index (χ3n) is 1.73. The summed E-state index contributed by atoms with van der Waals surface area (Å²) in [6.45, 7) is 6.10. The summed E-state index contributed by atoms with van der Waals surface area (Å²) in [4.78, 5) is 1.08. The van der Waals surface area contributed by atoms with Gasteiger partial charge in [0.15, 0.2) is 0 Å². The summed E-state index contributed by atoms with van der Waals surface area (Å²) in [7, 11) is 0. The summed E-state index contributed by atoms with van der Waals surface area (Å²) in [5, 5.41) is 8.77. The van der Waals surface area contributed by atoms with E-state index in [0.29, 0.717) is 6.61 Å². The molecular weight excluding hydrogens is 196 g/mol. The molecule has 2 nitrogen and oxygen atoms in total. The third-order valence-corrected chi connectivity index (χ3v) is 2.63.